The molecule has 0 saturated carbocycles. The van der Waals surface area contributed by atoms with Gasteiger partial charge in [0.2, 0.25) is 0 Å². The molecule has 5 heteroatoms. The van der Waals surface area contributed by atoms with E-state index < -0.39 is 4.92 Å². The minimum atomic E-state index is -0.485. The number of aromatic nitrogens is 1. The van der Waals surface area contributed by atoms with E-state index in [1.165, 1.54) is 6.07 Å². The second-order valence-electron chi connectivity index (χ2n) is 4.62. The van der Waals surface area contributed by atoms with Crippen LogP contribution in [0.2, 0.25) is 0 Å². The lowest BCUT2D eigenvalue weighted by Gasteiger charge is -2.11. The molecule has 0 amide bonds. The SMILES string of the molecule is CC(C)(C)/C=C/c1cc([N+](=O)[O-])cnc1N. The van der Waals surface area contributed by atoms with E-state index in [-0.39, 0.29) is 11.1 Å². The zero-order chi connectivity index (χ0) is 12.3. The summed E-state index contributed by atoms with van der Waals surface area (Å²) in [6.45, 7) is 6.10. The molecule has 0 unspecified atom stereocenters. The second kappa shape index (κ2) is 4.30. The Kier molecular flexibility index (Phi) is 3.27. The zero-order valence-corrected chi connectivity index (χ0v) is 9.60. The van der Waals surface area contributed by atoms with Crippen LogP contribution in [0, 0.1) is 15.5 Å². The number of nitro groups is 1. The van der Waals surface area contributed by atoms with E-state index in [4.69, 9.17) is 5.73 Å². The quantitative estimate of drug-likeness (QED) is 0.614. The van der Waals surface area contributed by atoms with E-state index in [0.717, 1.165) is 6.20 Å². The van der Waals surface area contributed by atoms with Gasteiger partial charge in [-0.3, -0.25) is 10.1 Å². The largest absolute Gasteiger partial charge is 0.383 e. The number of nitrogens with zero attached hydrogens (tertiary/aromatic N) is 2. The highest BCUT2D eigenvalue weighted by molar-refractivity contribution is 5.63. The van der Waals surface area contributed by atoms with Crippen molar-refractivity contribution in [3.05, 3.63) is 34.0 Å². The molecule has 1 aromatic heterocycles. The minimum Gasteiger partial charge on any atom is -0.383 e. The Balaban J connectivity index is 3.08. The van der Waals surface area contributed by atoms with Crippen LogP contribution in [0.15, 0.2) is 18.3 Å². The summed E-state index contributed by atoms with van der Waals surface area (Å²) in [5, 5.41) is 10.6. The third kappa shape index (κ3) is 3.34. The van der Waals surface area contributed by atoms with Gasteiger partial charge >= 0.3 is 0 Å². The van der Waals surface area contributed by atoms with Crippen LogP contribution in [-0.2, 0) is 0 Å². The van der Waals surface area contributed by atoms with E-state index >= 15 is 0 Å². The first kappa shape index (κ1) is 12.2. The Morgan fingerprint density at radius 1 is 1.50 bits per heavy atom. The molecule has 1 aromatic rings. The molecule has 1 heterocycles. The van der Waals surface area contributed by atoms with Crippen LogP contribution < -0.4 is 5.73 Å². The molecular formula is C11H15N3O2. The molecule has 5 nitrogen and oxygen atoms in total. The summed E-state index contributed by atoms with van der Waals surface area (Å²) in [7, 11) is 0. The number of rotatable bonds is 2. The summed E-state index contributed by atoms with van der Waals surface area (Å²) in [5.74, 6) is 0.297. The number of hydrogen-bond donors (Lipinski definition) is 1. The fourth-order valence-corrected chi connectivity index (χ4v) is 1.05. The Bertz CT molecular complexity index is 433. The summed E-state index contributed by atoms with van der Waals surface area (Å²) in [4.78, 5) is 13.9. The molecule has 16 heavy (non-hydrogen) atoms. The second-order valence-corrected chi connectivity index (χ2v) is 4.62. The van der Waals surface area contributed by atoms with Gasteiger partial charge in [0.05, 0.1) is 4.92 Å². The zero-order valence-electron chi connectivity index (χ0n) is 9.60. The maximum atomic E-state index is 10.6. The van der Waals surface area contributed by atoms with Crippen molar-refractivity contribution < 1.29 is 4.92 Å². The first-order chi connectivity index (χ1) is 7.29. The van der Waals surface area contributed by atoms with Gasteiger partial charge in [-0.2, -0.15) is 0 Å². The Morgan fingerprint density at radius 2 is 2.12 bits per heavy atom. The van der Waals surface area contributed by atoms with E-state index in [9.17, 15) is 10.1 Å². The van der Waals surface area contributed by atoms with Gasteiger partial charge < -0.3 is 5.73 Å². The number of nitrogens with two attached hydrogens (primary N) is 1. The van der Waals surface area contributed by atoms with E-state index in [0.29, 0.717) is 11.4 Å². The lowest BCUT2D eigenvalue weighted by Crippen LogP contribution is -2.00. The molecule has 0 radical (unpaired) electrons. The summed E-state index contributed by atoms with van der Waals surface area (Å²) in [5.41, 5.74) is 6.15. The fraction of sp³-hybridized carbons (Fsp3) is 0.364. The molecule has 0 bridgehead atoms. The molecule has 0 aliphatic heterocycles. The predicted molar refractivity (Wildman–Crippen MR) is 63.8 cm³/mol. The molecule has 0 aliphatic carbocycles. The summed E-state index contributed by atoms with van der Waals surface area (Å²) in [6, 6.07) is 1.42. The molecule has 0 fully saturated rings. The number of anilines is 1. The predicted octanol–water partition coefficient (Wildman–Crippen LogP) is 2.63. The van der Waals surface area contributed by atoms with Gasteiger partial charge in [0.1, 0.15) is 12.0 Å². The van der Waals surface area contributed by atoms with E-state index in [1.54, 1.807) is 6.08 Å². The van der Waals surface area contributed by atoms with Crippen LogP contribution in [0.4, 0.5) is 11.5 Å². The highest BCUT2D eigenvalue weighted by atomic mass is 16.6. The van der Waals surface area contributed by atoms with Crippen molar-refractivity contribution in [3.8, 4) is 0 Å². The molecule has 0 spiro atoms. The fourth-order valence-electron chi connectivity index (χ4n) is 1.05. The van der Waals surface area contributed by atoms with Crippen molar-refractivity contribution in [3.63, 3.8) is 0 Å². The Labute approximate surface area is 94.1 Å². The Morgan fingerprint density at radius 3 is 2.62 bits per heavy atom. The van der Waals surface area contributed by atoms with Crippen LogP contribution in [0.25, 0.3) is 6.08 Å². The number of hydrogen-bond acceptors (Lipinski definition) is 4. The highest BCUT2D eigenvalue weighted by Crippen LogP contribution is 2.21. The van der Waals surface area contributed by atoms with Crippen LogP contribution in [0.5, 0.6) is 0 Å². The maximum absolute atomic E-state index is 10.6. The van der Waals surface area contributed by atoms with Crippen LogP contribution >= 0.6 is 0 Å². The molecule has 1 rings (SSSR count). The lowest BCUT2D eigenvalue weighted by atomic mass is 9.95. The van der Waals surface area contributed by atoms with Gasteiger partial charge in [0, 0.05) is 11.6 Å². The number of allylic oxidation sites excluding steroid dienone is 1. The first-order valence-corrected chi connectivity index (χ1v) is 4.89. The van der Waals surface area contributed by atoms with Gasteiger partial charge in [0.15, 0.2) is 0 Å². The molecule has 0 saturated heterocycles. The van der Waals surface area contributed by atoms with Crippen molar-refractivity contribution in [1.29, 1.82) is 0 Å². The summed E-state index contributed by atoms with van der Waals surface area (Å²) in [6.07, 6.45) is 4.85. The summed E-state index contributed by atoms with van der Waals surface area (Å²) < 4.78 is 0. The highest BCUT2D eigenvalue weighted by Gasteiger charge is 2.10. The molecular weight excluding hydrogens is 206 g/mol. The van der Waals surface area contributed by atoms with Crippen molar-refractivity contribution in [1.82, 2.24) is 4.98 Å². The van der Waals surface area contributed by atoms with Crippen LogP contribution in [-0.4, -0.2) is 9.91 Å². The average Bonchev–Trinajstić information content (AvgIpc) is 2.14. The standard InChI is InChI=1S/C11H15N3O2/c1-11(2,3)5-4-8-6-9(14(15)16)7-13-10(8)12/h4-7H,1-3H3,(H2,12,13)/b5-4+. The average molecular weight is 221 g/mol. The van der Waals surface area contributed by atoms with Crippen molar-refractivity contribution in [2.24, 2.45) is 5.41 Å². The first-order valence-electron chi connectivity index (χ1n) is 4.89. The van der Waals surface area contributed by atoms with E-state index in [2.05, 4.69) is 4.98 Å². The number of nitrogen functional groups attached to an aromatic ring is 1. The monoisotopic (exact) mass is 221 g/mol. The van der Waals surface area contributed by atoms with Crippen LogP contribution in [0.3, 0.4) is 0 Å². The molecule has 0 atom stereocenters. The van der Waals surface area contributed by atoms with Gasteiger partial charge in [-0.1, -0.05) is 32.9 Å². The minimum absolute atomic E-state index is 0.00292. The molecule has 0 aliphatic rings. The molecule has 0 aromatic carbocycles. The third-order valence-electron chi connectivity index (χ3n) is 1.91. The van der Waals surface area contributed by atoms with Crippen LogP contribution in [0.1, 0.15) is 26.3 Å². The lowest BCUT2D eigenvalue weighted by molar-refractivity contribution is -0.385. The van der Waals surface area contributed by atoms with Gasteiger partial charge in [-0.05, 0) is 5.41 Å². The smallest absolute Gasteiger partial charge is 0.288 e. The topological polar surface area (TPSA) is 82.0 Å². The van der Waals surface area contributed by atoms with Crippen molar-refractivity contribution in [2.75, 3.05) is 5.73 Å². The normalized spacial score (nSPS) is 11.9. The van der Waals surface area contributed by atoms with Gasteiger partial charge in [-0.25, -0.2) is 4.98 Å². The molecule has 86 valence electrons. The van der Waals surface area contributed by atoms with Gasteiger partial charge in [0.25, 0.3) is 5.69 Å². The van der Waals surface area contributed by atoms with Crippen molar-refractivity contribution in [2.45, 2.75) is 20.8 Å². The molecule has 2 N–H and O–H groups in total. The third-order valence-corrected chi connectivity index (χ3v) is 1.91. The Hall–Kier alpha value is -1.91. The van der Waals surface area contributed by atoms with E-state index in [1.807, 2.05) is 26.8 Å². The summed E-state index contributed by atoms with van der Waals surface area (Å²) >= 11 is 0. The number of pyridine rings is 1. The van der Waals surface area contributed by atoms with Crippen molar-refractivity contribution >= 4 is 17.6 Å². The maximum Gasteiger partial charge on any atom is 0.288 e. The van der Waals surface area contributed by atoms with Gasteiger partial charge in [-0.15, -0.1) is 0 Å².